The SMILES string of the molecule is O=C(O)c1cn(CCNS(=O)(=O)c2ccc(Br)cc2)nn1. The number of aromatic carboxylic acids is 1. The van der Waals surface area contributed by atoms with Crippen LogP contribution >= 0.6 is 15.9 Å². The van der Waals surface area contributed by atoms with Crippen LogP contribution in [0, 0.1) is 0 Å². The van der Waals surface area contributed by atoms with Crippen molar-refractivity contribution in [1.82, 2.24) is 19.7 Å². The molecule has 0 aliphatic rings. The van der Waals surface area contributed by atoms with Crippen LogP contribution in [-0.4, -0.2) is 41.0 Å². The van der Waals surface area contributed by atoms with Crippen LogP contribution in [0.25, 0.3) is 0 Å². The highest BCUT2D eigenvalue weighted by Gasteiger charge is 2.13. The van der Waals surface area contributed by atoms with Crippen molar-refractivity contribution in [3.05, 3.63) is 40.6 Å². The molecule has 0 aliphatic carbocycles. The number of hydrogen-bond donors (Lipinski definition) is 2. The molecular weight excluding hydrogens is 364 g/mol. The lowest BCUT2D eigenvalue weighted by molar-refractivity contribution is 0.0690. The summed E-state index contributed by atoms with van der Waals surface area (Å²) < 4.78 is 28.4. The Morgan fingerprint density at radius 1 is 1.33 bits per heavy atom. The summed E-state index contributed by atoms with van der Waals surface area (Å²) in [6, 6.07) is 6.21. The summed E-state index contributed by atoms with van der Waals surface area (Å²) in [5.41, 5.74) is -0.189. The average Bonchev–Trinajstić information content (AvgIpc) is 2.88. The minimum atomic E-state index is -3.61. The Balaban J connectivity index is 1.95. The largest absolute Gasteiger partial charge is 0.476 e. The lowest BCUT2D eigenvalue weighted by Gasteiger charge is -2.06. The van der Waals surface area contributed by atoms with E-state index in [9.17, 15) is 13.2 Å². The van der Waals surface area contributed by atoms with Crippen molar-refractivity contribution < 1.29 is 18.3 Å². The molecule has 0 atom stereocenters. The number of carbonyl (C=O) groups is 1. The maximum absolute atomic E-state index is 12.0. The molecule has 0 amide bonds. The zero-order chi connectivity index (χ0) is 15.5. The lowest BCUT2D eigenvalue weighted by atomic mass is 10.4. The van der Waals surface area contributed by atoms with Gasteiger partial charge in [0.25, 0.3) is 0 Å². The number of carboxylic acid groups (broad SMARTS) is 1. The Hall–Kier alpha value is -1.78. The van der Waals surface area contributed by atoms with Gasteiger partial charge in [-0.05, 0) is 24.3 Å². The minimum Gasteiger partial charge on any atom is -0.476 e. The van der Waals surface area contributed by atoms with E-state index in [-0.39, 0.29) is 23.7 Å². The second-order valence-corrected chi connectivity index (χ2v) is 6.71. The summed E-state index contributed by atoms with van der Waals surface area (Å²) in [4.78, 5) is 10.8. The van der Waals surface area contributed by atoms with E-state index in [1.54, 1.807) is 12.1 Å². The highest BCUT2D eigenvalue weighted by atomic mass is 79.9. The number of hydrogen-bond acceptors (Lipinski definition) is 5. The molecule has 1 aromatic heterocycles. The number of carboxylic acids is 1. The molecule has 2 aromatic rings. The first-order chi connectivity index (χ1) is 9.88. The van der Waals surface area contributed by atoms with Crippen molar-refractivity contribution in [3.63, 3.8) is 0 Å². The summed E-state index contributed by atoms with van der Waals surface area (Å²) >= 11 is 3.23. The number of benzene rings is 1. The van der Waals surface area contributed by atoms with Gasteiger partial charge in [-0.15, -0.1) is 5.10 Å². The summed E-state index contributed by atoms with van der Waals surface area (Å²) in [6.45, 7) is 0.247. The van der Waals surface area contributed by atoms with E-state index < -0.39 is 16.0 Å². The van der Waals surface area contributed by atoms with E-state index in [2.05, 4.69) is 31.0 Å². The third-order valence-corrected chi connectivity index (χ3v) is 4.52. The molecule has 8 nitrogen and oxygen atoms in total. The fourth-order valence-electron chi connectivity index (χ4n) is 1.50. The first-order valence-electron chi connectivity index (χ1n) is 5.77. The molecule has 10 heteroatoms. The van der Waals surface area contributed by atoms with E-state index in [1.165, 1.54) is 23.0 Å². The van der Waals surface area contributed by atoms with Gasteiger partial charge in [0.15, 0.2) is 5.69 Å². The van der Waals surface area contributed by atoms with Gasteiger partial charge in [-0.25, -0.2) is 17.9 Å². The van der Waals surface area contributed by atoms with Crippen LogP contribution in [-0.2, 0) is 16.6 Å². The fourth-order valence-corrected chi connectivity index (χ4v) is 2.78. The topological polar surface area (TPSA) is 114 Å². The molecule has 0 saturated carbocycles. The molecule has 112 valence electrons. The summed E-state index contributed by atoms with van der Waals surface area (Å²) in [6.07, 6.45) is 1.23. The first-order valence-corrected chi connectivity index (χ1v) is 8.05. The standard InChI is InChI=1S/C11H11BrN4O4S/c12-8-1-3-9(4-2-8)21(19,20)13-5-6-16-7-10(11(17)18)14-15-16/h1-4,7,13H,5-6H2,(H,17,18). The van der Waals surface area contributed by atoms with Gasteiger partial charge in [0.2, 0.25) is 10.0 Å². The molecule has 1 heterocycles. The van der Waals surface area contributed by atoms with Crippen LogP contribution < -0.4 is 4.72 Å². The van der Waals surface area contributed by atoms with E-state index >= 15 is 0 Å². The summed E-state index contributed by atoms with van der Waals surface area (Å²) in [5, 5.41) is 15.7. The fraction of sp³-hybridized carbons (Fsp3) is 0.182. The lowest BCUT2D eigenvalue weighted by Crippen LogP contribution is -2.27. The maximum atomic E-state index is 12.0. The molecular formula is C11H11BrN4O4S. The van der Waals surface area contributed by atoms with Gasteiger partial charge in [0, 0.05) is 11.0 Å². The van der Waals surface area contributed by atoms with Gasteiger partial charge in [0.05, 0.1) is 17.6 Å². The number of nitrogens with zero attached hydrogens (tertiary/aromatic N) is 3. The Kier molecular flexibility index (Phi) is 4.70. The predicted molar refractivity (Wildman–Crippen MR) is 76.3 cm³/mol. The van der Waals surface area contributed by atoms with E-state index in [0.717, 1.165) is 4.47 Å². The van der Waals surface area contributed by atoms with Crippen LogP contribution in [0.15, 0.2) is 39.8 Å². The molecule has 0 radical (unpaired) electrons. The van der Waals surface area contributed by atoms with Gasteiger partial charge >= 0.3 is 5.97 Å². The van der Waals surface area contributed by atoms with Crippen LogP contribution in [0.1, 0.15) is 10.5 Å². The molecule has 0 unspecified atom stereocenters. The second-order valence-electron chi connectivity index (χ2n) is 4.02. The van der Waals surface area contributed by atoms with Gasteiger partial charge in [-0.2, -0.15) is 0 Å². The van der Waals surface area contributed by atoms with Crippen molar-refractivity contribution >= 4 is 31.9 Å². The molecule has 1 aromatic carbocycles. The molecule has 0 fully saturated rings. The number of aromatic nitrogens is 3. The quantitative estimate of drug-likeness (QED) is 0.769. The van der Waals surface area contributed by atoms with Gasteiger partial charge in [0.1, 0.15) is 0 Å². The average molecular weight is 375 g/mol. The number of halogens is 1. The molecule has 0 bridgehead atoms. The molecule has 21 heavy (non-hydrogen) atoms. The minimum absolute atomic E-state index is 0.0703. The Bertz CT molecular complexity index is 742. The molecule has 2 rings (SSSR count). The highest BCUT2D eigenvalue weighted by Crippen LogP contribution is 2.14. The van der Waals surface area contributed by atoms with Crippen LogP contribution in [0.2, 0.25) is 0 Å². The Morgan fingerprint density at radius 3 is 2.57 bits per heavy atom. The molecule has 0 spiro atoms. The zero-order valence-electron chi connectivity index (χ0n) is 10.6. The van der Waals surface area contributed by atoms with Crippen LogP contribution in [0.3, 0.4) is 0 Å². The normalized spacial score (nSPS) is 11.5. The van der Waals surface area contributed by atoms with Gasteiger partial charge in [-0.3, -0.25) is 4.68 Å². The predicted octanol–water partition coefficient (Wildman–Crippen LogP) is 0.717. The molecule has 0 aliphatic heterocycles. The summed E-state index contributed by atoms with van der Waals surface area (Å²) in [7, 11) is -3.61. The first kappa shape index (κ1) is 15.6. The zero-order valence-corrected chi connectivity index (χ0v) is 13.0. The van der Waals surface area contributed by atoms with E-state index in [0.29, 0.717) is 0 Å². The van der Waals surface area contributed by atoms with Gasteiger partial charge in [-0.1, -0.05) is 21.1 Å². The Labute approximate surface area is 129 Å². The number of rotatable bonds is 6. The molecule has 2 N–H and O–H groups in total. The van der Waals surface area contributed by atoms with Crippen molar-refractivity contribution in [1.29, 1.82) is 0 Å². The van der Waals surface area contributed by atoms with Crippen LogP contribution in [0.4, 0.5) is 0 Å². The second kappa shape index (κ2) is 6.33. The van der Waals surface area contributed by atoms with Crippen molar-refractivity contribution in [2.75, 3.05) is 6.54 Å². The number of nitrogens with one attached hydrogen (secondary N) is 1. The van der Waals surface area contributed by atoms with Crippen molar-refractivity contribution in [3.8, 4) is 0 Å². The van der Waals surface area contributed by atoms with Crippen LogP contribution in [0.5, 0.6) is 0 Å². The van der Waals surface area contributed by atoms with Gasteiger partial charge < -0.3 is 5.11 Å². The third-order valence-electron chi connectivity index (χ3n) is 2.51. The summed E-state index contributed by atoms with van der Waals surface area (Å²) in [5.74, 6) is -1.18. The third kappa shape index (κ3) is 4.09. The monoisotopic (exact) mass is 374 g/mol. The smallest absolute Gasteiger partial charge is 0.358 e. The van der Waals surface area contributed by atoms with E-state index in [4.69, 9.17) is 5.11 Å². The maximum Gasteiger partial charge on any atom is 0.358 e. The van der Waals surface area contributed by atoms with Crippen molar-refractivity contribution in [2.24, 2.45) is 0 Å². The van der Waals surface area contributed by atoms with Crippen molar-refractivity contribution in [2.45, 2.75) is 11.4 Å². The highest BCUT2D eigenvalue weighted by molar-refractivity contribution is 9.10. The molecule has 0 saturated heterocycles. The Morgan fingerprint density at radius 2 is 2.00 bits per heavy atom. The number of sulfonamides is 1. The van der Waals surface area contributed by atoms with E-state index in [1.807, 2.05) is 0 Å².